The molecule has 3 rings (SSSR count). The molecule has 0 N–H and O–H groups in total. The molecule has 0 spiro atoms. The fourth-order valence-electron chi connectivity index (χ4n) is 2.40. The van der Waals surface area contributed by atoms with Gasteiger partial charge in [0.1, 0.15) is 6.26 Å². The summed E-state index contributed by atoms with van der Waals surface area (Å²) in [6.07, 6.45) is 3.40. The summed E-state index contributed by atoms with van der Waals surface area (Å²) in [5.41, 5.74) is 0.563. The zero-order valence-electron chi connectivity index (χ0n) is 11.5. The van der Waals surface area contributed by atoms with Crippen molar-refractivity contribution in [3.63, 3.8) is 0 Å². The maximum Gasteiger partial charge on any atom is 0.257 e. The average molecular weight is 304 g/mol. The van der Waals surface area contributed by atoms with Crippen LogP contribution in [0.3, 0.4) is 0 Å². The number of rotatable bonds is 3. The first-order chi connectivity index (χ1) is 10.2. The molecule has 1 fully saturated rings. The summed E-state index contributed by atoms with van der Waals surface area (Å²) in [6.45, 7) is 2.32. The smallest absolute Gasteiger partial charge is 0.257 e. The van der Waals surface area contributed by atoms with Crippen LogP contribution in [0.4, 0.5) is 0 Å². The zero-order chi connectivity index (χ0) is 14.7. The highest BCUT2D eigenvalue weighted by Gasteiger charge is 2.25. The van der Waals surface area contributed by atoms with Crippen LogP contribution in [0.25, 0.3) is 0 Å². The van der Waals surface area contributed by atoms with Crippen molar-refractivity contribution in [3.05, 3.63) is 46.5 Å². The SMILES string of the molecule is O=C(Cc1cccs1)N1CCN(C(=O)c2ccoc2)CC1. The number of hydrogen-bond acceptors (Lipinski definition) is 4. The molecule has 0 bridgehead atoms. The first-order valence-electron chi connectivity index (χ1n) is 6.85. The van der Waals surface area contributed by atoms with Gasteiger partial charge in [0.25, 0.3) is 5.91 Å². The van der Waals surface area contributed by atoms with E-state index in [1.807, 2.05) is 22.4 Å². The van der Waals surface area contributed by atoms with Crippen molar-refractivity contribution in [2.75, 3.05) is 26.2 Å². The van der Waals surface area contributed by atoms with Crippen LogP contribution in [0.2, 0.25) is 0 Å². The maximum absolute atomic E-state index is 12.2. The molecule has 2 aromatic rings. The van der Waals surface area contributed by atoms with Gasteiger partial charge in [0, 0.05) is 31.1 Å². The third kappa shape index (κ3) is 3.16. The molecule has 0 radical (unpaired) electrons. The van der Waals surface area contributed by atoms with Gasteiger partial charge in [0.05, 0.1) is 18.2 Å². The van der Waals surface area contributed by atoms with Gasteiger partial charge < -0.3 is 14.2 Å². The third-order valence-electron chi connectivity index (χ3n) is 3.59. The van der Waals surface area contributed by atoms with Crippen LogP contribution < -0.4 is 0 Å². The van der Waals surface area contributed by atoms with Crippen LogP contribution in [0, 0.1) is 0 Å². The highest BCUT2D eigenvalue weighted by Crippen LogP contribution is 2.13. The zero-order valence-corrected chi connectivity index (χ0v) is 12.3. The second kappa shape index (κ2) is 6.13. The van der Waals surface area contributed by atoms with Crippen LogP contribution in [-0.4, -0.2) is 47.8 Å². The average Bonchev–Trinajstić information content (AvgIpc) is 3.20. The number of carbonyl (C=O) groups excluding carboxylic acids is 2. The van der Waals surface area contributed by atoms with E-state index in [1.54, 1.807) is 22.3 Å². The lowest BCUT2D eigenvalue weighted by Gasteiger charge is -2.34. The molecule has 0 saturated carbocycles. The van der Waals surface area contributed by atoms with E-state index in [0.29, 0.717) is 38.2 Å². The van der Waals surface area contributed by atoms with Crippen molar-refractivity contribution in [3.8, 4) is 0 Å². The first-order valence-corrected chi connectivity index (χ1v) is 7.73. The predicted octanol–water partition coefficient (Wildman–Crippen LogP) is 1.87. The topological polar surface area (TPSA) is 53.8 Å². The van der Waals surface area contributed by atoms with Gasteiger partial charge in [-0.05, 0) is 17.5 Å². The Kier molecular flexibility index (Phi) is 4.06. The van der Waals surface area contributed by atoms with Crippen molar-refractivity contribution >= 4 is 23.2 Å². The highest BCUT2D eigenvalue weighted by atomic mass is 32.1. The fourth-order valence-corrected chi connectivity index (χ4v) is 3.10. The monoisotopic (exact) mass is 304 g/mol. The van der Waals surface area contributed by atoms with Gasteiger partial charge in [-0.2, -0.15) is 0 Å². The summed E-state index contributed by atoms with van der Waals surface area (Å²) < 4.78 is 4.93. The molecule has 2 amide bonds. The number of piperazine rings is 1. The largest absolute Gasteiger partial charge is 0.472 e. The summed E-state index contributed by atoms with van der Waals surface area (Å²) >= 11 is 1.60. The van der Waals surface area contributed by atoms with Crippen molar-refractivity contribution in [2.45, 2.75) is 6.42 Å². The van der Waals surface area contributed by atoms with E-state index in [2.05, 4.69) is 0 Å². The second-order valence-electron chi connectivity index (χ2n) is 4.94. The summed E-state index contributed by atoms with van der Waals surface area (Å²) in [5.74, 6) is 0.0990. The number of thiophene rings is 1. The molecular formula is C15H16N2O3S. The molecular weight excluding hydrogens is 288 g/mol. The van der Waals surface area contributed by atoms with E-state index in [9.17, 15) is 9.59 Å². The normalized spacial score (nSPS) is 15.2. The quantitative estimate of drug-likeness (QED) is 0.870. The van der Waals surface area contributed by atoms with Crippen molar-refractivity contribution in [1.82, 2.24) is 9.80 Å². The molecule has 2 aromatic heterocycles. The molecule has 3 heterocycles. The number of hydrogen-bond donors (Lipinski definition) is 0. The Hall–Kier alpha value is -2.08. The highest BCUT2D eigenvalue weighted by molar-refractivity contribution is 7.10. The lowest BCUT2D eigenvalue weighted by Crippen LogP contribution is -2.50. The summed E-state index contributed by atoms with van der Waals surface area (Å²) in [4.78, 5) is 29.0. The Morgan fingerprint density at radius 1 is 1.14 bits per heavy atom. The summed E-state index contributed by atoms with van der Waals surface area (Å²) in [6, 6.07) is 5.59. The number of carbonyl (C=O) groups is 2. The second-order valence-corrected chi connectivity index (χ2v) is 5.97. The van der Waals surface area contributed by atoms with E-state index in [0.717, 1.165) is 4.88 Å². The molecule has 1 aliphatic heterocycles. The minimum Gasteiger partial charge on any atom is -0.472 e. The number of nitrogens with zero attached hydrogens (tertiary/aromatic N) is 2. The summed E-state index contributed by atoms with van der Waals surface area (Å²) in [5, 5.41) is 1.98. The first kappa shape index (κ1) is 13.9. The Bertz CT molecular complexity index is 599. The number of amides is 2. The van der Waals surface area contributed by atoms with E-state index in [1.165, 1.54) is 12.5 Å². The van der Waals surface area contributed by atoms with Gasteiger partial charge in [-0.3, -0.25) is 9.59 Å². The Balaban J connectivity index is 1.53. The lowest BCUT2D eigenvalue weighted by molar-refractivity contribution is -0.131. The van der Waals surface area contributed by atoms with Crippen molar-refractivity contribution < 1.29 is 14.0 Å². The van der Waals surface area contributed by atoms with Crippen LogP contribution in [-0.2, 0) is 11.2 Å². The Labute approximate surface area is 126 Å². The van der Waals surface area contributed by atoms with E-state index < -0.39 is 0 Å². The molecule has 6 heteroatoms. The molecule has 110 valence electrons. The van der Waals surface area contributed by atoms with E-state index in [4.69, 9.17) is 4.42 Å². The van der Waals surface area contributed by atoms with Crippen molar-refractivity contribution in [2.24, 2.45) is 0 Å². The van der Waals surface area contributed by atoms with Crippen molar-refractivity contribution in [1.29, 1.82) is 0 Å². The molecule has 0 aromatic carbocycles. The molecule has 1 saturated heterocycles. The van der Waals surface area contributed by atoms with Crippen LogP contribution in [0.15, 0.2) is 40.5 Å². The van der Waals surface area contributed by atoms with Gasteiger partial charge >= 0.3 is 0 Å². The Morgan fingerprint density at radius 2 is 1.90 bits per heavy atom. The third-order valence-corrected chi connectivity index (χ3v) is 4.47. The van der Waals surface area contributed by atoms with Gasteiger partial charge in [-0.15, -0.1) is 11.3 Å². The van der Waals surface area contributed by atoms with Crippen LogP contribution in [0.5, 0.6) is 0 Å². The van der Waals surface area contributed by atoms with E-state index in [-0.39, 0.29) is 11.8 Å². The fraction of sp³-hybridized carbons (Fsp3) is 0.333. The van der Waals surface area contributed by atoms with Gasteiger partial charge in [-0.1, -0.05) is 6.07 Å². The Morgan fingerprint density at radius 3 is 2.52 bits per heavy atom. The minimum atomic E-state index is -0.0332. The van der Waals surface area contributed by atoms with Crippen LogP contribution in [0.1, 0.15) is 15.2 Å². The molecule has 0 atom stereocenters. The van der Waals surface area contributed by atoms with Gasteiger partial charge in [0.2, 0.25) is 5.91 Å². The molecule has 0 unspecified atom stereocenters. The summed E-state index contributed by atoms with van der Waals surface area (Å²) in [7, 11) is 0. The molecule has 0 aliphatic carbocycles. The van der Waals surface area contributed by atoms with E-state index >= 15 is 0 Å². The van der Waals surface area contributed by atoms with Crippen LogP contribution >= 0.6 is 11.3 Å². The van der Waals surface area contributed by atoms with Gasteiger partial charge in [-0.25, -0.2) is 0 Å². The lowest BCUT2D eigenvalue weighted by atomic mass is 10.2. The van der Waals surface area contributed by atoms with Gasteiger partial charge in [0.15, 0.2) is 0 Å². The minimum absolute atomic E-state index is 0.0332. The maximum atomic E-state index is 12.2. The standard InChI is InChI=1S/C15H16N2O3S/c18-14(10-13-2-1-9-21-13)16-4-6-17(7-5-16)15(19)12-3-8-20-11-12/h1-3,8-9,11H,4-7,10H2. The molecule has 5 nitrogen and oxygen atoms in total. The number of furan rings is 1. The molecule has 21 heavy (non-hydrogen) atoms. The predicted molar refractivity (Wildman–Crippen MR) is 79.2 cm³/mol. The molecule has 1 aliphatic rings.